The van der Waals surface area contributed by atoms with Gasteiger partial charge >= 0.3 is 6.18 Å². The molecule has 0 aliphatic carbocycles. The lowest BCUT2D eigenvalue weighted by Gasteiger charge is -2.17. The highest BCUT2D eigenvalue weighted by molar-refractivity contribution is 6.48. The summed E-state index contributed by atoms with van der Waals surface area (Å²) in [5.41, 5.74) is 0.634. The van der Waals surface area contributed by atoms with E-state index in [0.29, 0.717) is 5.56 Å². The minimum atomic E-state index is -4.43. The van der Waals surface area contributed by atoms with E-state index in [1.165, 1.54) is 0 Å². The minimum Gasteiger partial charge on any atom is -0.192 e. The van der Waals surface area contributed by atoms with Gasteiger partial charge in [-0.15, -0.1) is 6.58 Å². The Morgan fingerprint density at radius 2 is 1.54 bits per heavy atom. The van der Waals surface area contributed by atoms with E-state index in [2.05, 4.69) is 6.58 Å². The number of halogens is 6. The predicted octanol–water partition coefficient (Wildman–Crippen LogP) is 7.04. The number of rotatable bonds is 2. The molecule has 1 atom stereocenters. The summed E-state index contributed by atoms with van der Waals surface area (Å²) in [6, 6.07) is 13.4. The molecule has 2 aromatic rings. The van der Waals surface area contributed by atoms with Gasteiger partial charge in [0.2, 0.25) is 0 Å². The maximum absolute atomic E-state index is 12.6. The van der Waals surface area contributed by atoms with Gasteiger partial charge in [0.05, 0.1) is 32.6 Å². The van der Waals surface area contributed by atoms with Crippen molar-refractivity contribution in [3.8, 4) is 6.07 Å². The molecule has 24 heavy (non-hydrogen) atoms. The molecule has 0 aliphatic rings. The molecule has 7 heteroatoms. The van der Waals surface area contributed by atoms with Crippen molar-refractivity contribution in [2.75, 3.05) is 0 Å². The second-order valence-corrected chi connectivity index (χ2v) is 5.72. The summed E-state index contributed by atoms with van der Waals surface area (Å²) in [5, 5.41) is 8.30. The fraction of sp³-hybridized carbons (Fsp3) is 0.118. The van der Waals surface area contributed by atoms with E-state index in [1.54, 1.807) is 12.1 Å². The van der Waals surface area contributed by atoms with Crippen molar-refractivity contribution >= 4 is 34.8 Å². The maximum Gasteiger partial charge on any atom is 0.399 e. The first kappa shape index (κ1) is 20.4. The minimum absolute atomic E-state index is 0.0136. The first-order chi connectivity index (χ1) is 11.2. The number of hydrogen-bond acceptors (Lipinski definition) is 1. The van der Waals surface area contributed by atoms with E-state index in [0.717, 1.165) is 18.2 Å². The van der Waals surface area contributed by atoms with Crippen LogP contribution in [-0.2, 0) is 0 Å². The molecule has 0 aromatic heterocycles. The molecule has 126 valence electrons. The number of nitriles is 1. The Bertz CT molecular complexity index is 714. The van der Waals surface area contributed by atoms with Crippen LogP contribution in [0.5, 0.6) is 0 Å². The summed E-state index contributed by atoms with van der Waals surface area (Å²) < 4.78 is 37.7. The van der Waals surface area contributed by atoms with Crippen LogP contribution in [0.15, 0.2) is 55.1 Å². The van der Waals surface area contributed by atoms with Gasteiger partial charge in [-0.2, -0.15) is 18.4 Å². The highest BCUT2D eigenvalue weighted by Crippen LogP contribution is 2.40. The van der Waals surface area contributed by atoms with Crippen LogP contribution in [0.1, 0.15) is 17.0 Å². The van der Waals surface area contributed by atoms with Crippen molar-refractivity contribution in [3.63, 3.8) is 0 Å². The van der Waals surface area contributed by atoms with Gasteiger partial charge in [0.1, 0.15) is 0 Å². The SMILES string of the molecule is C=CC(c1cc(Cl)c(Cl)c(Cl)c1)C(F)(F)F.N#Cc1ccccc1. The smallest absolute Gasteiger partial charge is 0.192 e. The van der Waals surface area contributed by atoms with Crippen LogP contribution in [0, 0.1) is 11.3 Å². The summed E-state index contributed by atoms with van der Waals surface area (Å²) in [4.78, 5) is 0. The molecule has 2 aromatic carbocycles. The molecule has 0 saturated heterocycles. The lowest BCUT2D eigenvalue weighted by Crippen LogP contribution is -2.18. The molecule has 0 amide bonds. The molecule has 0 radical (unpaired) electrons. The quantitative estimate of drug-likeness (QED) is 0.397. The van der Waals surface area contributed by atoms with Crippen LogP contribution in [0.4, 0.5) is 13.2 Å². The van der Waals surface area contributed by atoms with Crippen LogP contribution in [-0.4, -0.2) is 6.18 Å². The standard InChI is InChI=1S/C10H6Cl3F3.C7H5N/c1-2-6(10(14,15)16)5-3-7(11)9(13)8(12)4-5;8-6-7-4-2-1-3-5-7/h2-4,6H,1H2;1-5H. The van der Waals surface area contributed by atoms with Crippen molar-refractivity contribution in [1.29, 1.82) is 5.26 Å². The molecular weight excluding hydrogens is 382 g/mol. The zero-order chi connectivity index (χ0) is 18.3. The van der Waals surface area contributed by atoms with Crippen molar-refractivity contribution in [2.45, 2.75) is 12.1 Å². The van der Waals surface area contributed by atoms with E-state index in [4.69, 9.17) is 40.1 Å². The first-order valence-electron chi connectivity index (χ1n) is 6.49. The Labute approximate surface area is 152 Å². The van der Waals surface area contributed by atoms with Crippen LogP contribution < -0.4 is 0 Å². The van der Waals surface area contributed by atoms with Crippen LogP contribution in [0.25, 0.3) is 0 Å². The Balaban J connectivity index is 0.000000300. The number of nitrogens with zero attached hydrogens (tertiary/aromatic N) is 1. The third-order valence-corrected chi connectivity index (χ3v) is 4.05. The number of hydrogen-bond donors (Lipinski definition) is 0. The van der Waals surface area contributed by atoms with Gasteiger partial charge in [0.15, 0.2) is 0 Å². The fourth-order valence-corrected chi connectivity index (χ4v) is 2.34. The van der Waals surface area contributed by atoms with Gasteiger partial charge in [-0.1, -0.05) is 59.1 Å². The zero-order valence-corrected chi connectivity index (χ0v) is 14.4. The third-order valence-electron chi connectivity index (χ3n) is 2.86. The molecule has 2 rings (SSSR count). The normalized spacial score (nSPS) is 11.7. The molecular formula is C17H11Cl3F3N. The topological polar surface area (TPSA) is 23.8 Å². The maximum atomic E-state index is 12.6. The molecule has 0 bridgehead atoms. The second-order valence-electron chi connectivity index (χ2n) is 4.53. The Kier molecular flexibility index (Phi) is 7.62. The summed E-state index contributed by atoms with van der Waals surface area (Å²) >= 11 is 16.9. The molecule has 0 N–H and O–H groups in total. The van der Waals surface area contributed by atoms with Gasteiger partial charge in [-0.25, -0.2) is 0 Å². The monoisotopic (exact) mass is 391 g/mol. The third kappa shape index (κ3) is 5.76. The predicted molar refractivity (Wildman–Crippen MR) is 91.6 cm³/mol. The van der Waals surface area contributed by atoms with E-state index < -0.39 is 12.1 Å². The number of benzene rings is 2. The van der Waals surface area contributed by atoms with Crippen LogP contribution >= 0.6 is 34.8 Å². The van der Waals surface area contributed by atoms with Crippen LogP contribution in [0.2, 0.25) is 15.1 Å². The summed E-state index contributed by atoms with van der Waals surface area (Å²) in [7, 11) is 0. The molecule has 0 heterocycles. The lowest BCUT2D eigenvalue weighted by atomic mass is 9.99. The molecule has 0 fully saturated rings. The van der Waals surface area contributed by atoms with E-state index in [1.807, 2.05) is 24.3 Å². The van der Waals surface area contributed by atoms with Gasteiger partial charge in [-0.05, 0) is 29.8 Å². The second kappa shape index (κ2) is 8.98. The van der Waals surface area contributed by atoms with Gasteiger partial charge in [0, 0.05) is 0 Å². The Morgan fingerprint density at radius 1 is 1.04 bits per heavy atom. The van der Waals surface area contributed by atoms with Gasteiger partial charge in [-0.3, -0.25) is 0 Å². The van der Waals surface area contributed by atoms with Crippen molar-refractivity contribution in [1.82, 2.24) is 0 Å². The molecule has 0 spiro atoms. The molecule has 1 unspecified atom stereocenters. The van der Waals surface area contributed by atoms with Crippen LogP contribution in [0.3, 0.4) is 0 Å². The highest BCUT2D eigenvalue weighted by Gasteiger charge is 2.38. The molecule has 0 aliphatic heterocycles. The number of allylic oxidation sites excluding steroid dienone is 1. The summed E-state index contributed by atoms with van der Waals surface area (Å²) in [5.74, 6) is -1.81. The highest BCUT2D eigenvalue weighted by atomic mass is 35.5. The average molecular weight is 393 g/mol. The van der Waals surface area contributed by atoms with Crippen molar-refractivity contribution < 1.29 is 13.2 Å². The first-order valence-corrected chi connectivity index (χ1v) is 7.63. The Morgan fingerprint density at radius 3 is 1.88 bits per heavy atom. The van der Waals surface area contributed by atoms with E-state index in [-0.39, 0.29) is 20.6 Å². The fourth-order valence-electron chi connectivity index (χ4n) is 1.73. The lowest BCUT2D eigenvalue weighted by molar-refractivity contribution is -0.139. The zero-order valence-electron chi connectivity index (χ0n) is 12.1. The van der Waals surface area contributed by atoms with Gasteiger partial charge in [0.25, 0.3) is 0 Å². The Hall–Kier alpha value is -1.67. The van der Waals surface area contributed by atoms with E-state index >= 15 is 0 Å². The van der Waals surface area contributed by atoms with Crippen molar-refractivity contribution in [2.24, 2.45) is 0 Å². The van der Waals surface area contributed by atoms with E-state index in [9.17, 15) is 13.2 Å². The number of alkyl halides is 3. The summed E-state index contributed by atoms with van der Waals surface area (Å²) in [6.45, 7) is 3.15. The molecule has 0 saturated carbocycles. The molecule has 1 nitrogen and oxygen atoms in total. The van der Waals surface area contributed by atoms with Crippen molar-refractivity contribution in [3.05, 3.63) is 81.3 Å². The largest absolute Gasteiger partial charge is 0.399 e. The average Bonchev–Trinajstić information content (AvgIpc) is 2.53. The van der Waals surface area contributed by atoms with Gasteiger partial charge < -0.3 is 0 Å². The summed E-state index contributed by atoms with van der Waals surface area (Å²) in [6.07, 6.45) is -3.64.